The number of ether oxygens (including phenoxy) is 3. The summed E-state index contributed by atoms with van der Waals surface area (Å²) in [5, 5.41) is 0.0669. The van der Waals surface area contributed by atoms with E-state index < -0.39 is 17.5 Å². The van der Waals surface area contributed by atoms with Crippen LogP contribution in [0.2, 0.25) is 0 Å². The molecule has 6 nitrogen and oxygen atoms in total. The lowest BCUT2D eigenvalue weighted by atomic mass is 9.89. The highest BCUT2D eigenvalue weighted by Crippen LogP contribution is 2.48. The highest BCUT2D eigenvalue weighted by molar-refractivity contribution is 9.10. The smallest absolute Gasteiger partial charge is 0.436 e. The third-order valence-corrected chi connectivity index (χ3v) is 5.59. The predicted molar refractivity (Wildman–Crippen MR) is 119 cm³/mol. The van der Waals surface area contributed by atoms with Crippen LogP contribution in [-0.4, -0.2) is 29.7 Å². The Labute approximate surface area is 187 Å². The van der Waals surface area contributed by atoms with Crippen LogP contribution in [0.4, 0.5) is 9.18 Å². The molecule has 9 heteroatoms. The molecule has 0 bridgehead atoms. The van der Waals surface area contributed by atoms with Crippen LogP contribution in [0.3, 0.4) is 0 Å². The van der Waals surface area contributed by atoms with Gasteiger partial charge in [-0.05, 0) is 45.0 Å². The van der Waals surface area contributed by atoms with Gasteiger partial charge in [-0.25, -0.2) is 9.18 Å². The minimum Gasteiger partial charge on any atom is -0.497 e. The van der Waals surface area contributed by atoms with Gasteiger partial charge in [0.1, 0.15) is 17.1 Å². The predicted octanol–water partition coefficient (Wildman–Crippen LogP) is 5.82. The Hall–Kier alpha value is -2.26. The average molecular weight is 497 g/mol. The number of nitrogens with zero attached hydrogens (tertiary/aromatic N) is 1. The van der Waals surface area contributed by atoms with Crippen LogP contribution in [-0.2, 0) is 4.74 Å². The first kappa shape index (κ1) is 22.4. The van der Waals surface area contributed by atoms with Gasteiger partial charge < -0.3 is 19.9 Å². The second kappa shape index (κ2) is 8.85. The van der Waals surface area contributed by atoms with Gasteiger partial charge in [0.15, 0.2) is 16.7 Å². The van der Waals surface area contributed by atoms with E-state index in [1.165, 1.54) is 24.9 Å². The molecule has 160 valence electrons. The molecule has 0 aliphatic carbocycles. The van der Waals surface area contributed by atoms with Gasteiger partial charge in [-0.2, -0.15) is 4.99 Å². The van der Waals surface area contributed by atoms with Crippen LogP contribution in [0.15, 0.2) is 39.8 Å². The van der Waals surface area contributed by atoms with Crippen molar-refractivity contribution in [3.63, 3.8) is 0 Å². The van der Waals surface area contributed by atoms with Crippen molar-refractivity contribution < 1.29 is 23.4 Å². The van der Waals surface area contributed by atoms with Crippen molar-refractivity contribution in [3.05, 3.63) is 51.7 Å². The van der Waals surface area contributed by atoms with Gasteiger partial charge in [0.2, 0.25) is 0 Å². The minimum atomic E-state index is -0.754. The fraction of sp³-hybridized carbons (Fsp3) is 0.333. The van der Waals surface area contributed by atoms with Crippen LogP contribution < -0.4 is 15.2 Å². The van der Waals surface area contributed by atoms with Gasteiger partial charge in [0.05, 0.1) is 7.11 Å². The van der Waals surface area contributed by atoms with Gasteiger partial charge in [-0.15, -0.1) is 0 Å². The number of amidine groups is 1. The third-order valence-electron chi connectivity index (χ3n) is 4.21. The molecular formula is C21H22BrFN2O4S. The Morgan fingerprint density at radius 3 is 2.70 bits per heavy atom. The summed E-state index contributed by atoms with van der Waals surface area (Å²) in [4.78, 5) is 15.7. The number of thioether (sulfide) groups is 1. The number of benzene rings is 2. The number of hydrogen-bond acceptors (Lipinski definition) is 5. The highest BCUT2D eigenvalue weighted by atomic mass is 79.9. The molecule has 3 rings (SSSR count). The van der Waals surface area contributed by atoms with E-state index in [1.807, 2.05) is 12.1 Å². The fourth-order valence-electron chi connectivity index (χ4n) is 2.99. The Kier molecular flexibility index (Phi) is 6.62. The van der Waals surface area contributed by atoms with E-state index >= 15 is 0 Å². The molecule has 2 aromatic carbocycles. The third kappa shape index (κ3) is 5.26. The zero-order chi connectivity index (χ0) is 22.1. The number of carbonyl (C=O) groups is 1. The summed E-state index contributed by atoms with van der Waals surface area (Å²) in [6.07, 6.45) is -0.754. The summed E-state index contributed by atoms with van der Waals surface area (Å²) in [7, 11) is 1.48. The molecule has 0 aromatic heterocycles. The molecule has 0 saturated heterocycles. The van der Waals surface area contributed by atoms with Gasteiger partial charge in [-0.1, -0.05) is 27.7 Å². The molecule has 0 radical (unpaired) electrons. The molecule has 2 N–H and O–H groups in total. The summed E-state index contributed by atoms with van der Waals surface area (Å²) in [6.45, 7) is 5.25. The fourth-order valence-corrected chi connectivity index (χ4v) is 4.20. The molecule has 1 unspecified atom stereocenters. The van der Waals surface area contributed by atoms with Crippen LogP contribution in [0.5, 0.6) is 17.2 Å². The van der Waals surface area contributed by atoms with E-state index in [9.17, 15) is 9.18 Å². The van der Waals surface area contributed by atoms with Gasteiger partial charge >= 0.3 is 6.09 Å². The average Bonchev–Trinajstić information content (AvgIpc) is 2.64. The van der Waals surface area contributed by atoms with Crippen molar-refractivity contribution in [2.75, 3.05) is 12.9 Å². The summed E-state index contributed by atoms with van der Waals surface area (Å²) in [5.41, 5.74) is 6.77. The summed E-state index contributed by atoms with van der Waals surface area (Å²) >= 11 is 4.65. The number of halogens is 2. The highest BCUT2D eigenvalue weighted by Gasteiger charge is 2.31. The van der Waals surface area contributed by atoms with Crippen LogP contribution in [0.1, 0.15) is 37.8 Å². The number of hydrogen-bond donors (Lipinski definition) is 1. The number of nitrogens with two attached hydrogens (primary N) is 1. The lowest BCUT2D eigenvalue weighted by molar-refractivity contribution is 0.0604. The molecule has 0 saturated carbocycles. The number of fused-ring (bicyclic) bond motifs is 2. The molecular weight excluding hydrogens is 475 g/mol. The first-order valence-corrected chi connectivity index (χ1v) is 10.9. The Bertz CT molecular complexity index is 1010. The number of amides is 1. The van der Waals surface area contributed by atoms with Gasteiger partial charge in [-0.3, -0.25) is 0 Å². The molecule has 1 aliphatic heterocycles. The largest absolute Gasteiger partial charge is 0.497 e. The normalized spacial score (nSPS) is 15.7. The lowest BCUT2D eigenvalue weighted by Crippen LogP contribution is -2.23. The van der Waals surface area contributed by atoms with E-state index in [-0.39, 0.29) is 16.8 Å². The molecule has 1 aliphatic rings. The van der Waals surface area contributed by atoms with E-state index in [0.717, 1.165) is 10.0 Å². The minimum absolute atomic E-state index is 0.0669. The molecule has 0 spiro atoms. The number of rotatable bonds is 3. The second-order valence-corrected chi connectivity index (χ2v) is 9.56. The van der Waals surface area contributed by atoms with Crippen molar-refractivity contribution in [3.8, 4) is 17.2 Å². The van der Waals surface area contributed by atoms with Crippen molar-refractivity contribution >= 4 is 39.0 Å². The topological polar surface area (TPSA) is 83.1 Å². The van der Waals surface area contributed by atoms with Gasteiger partial charge in [0, 0.05) is 33.3 Å². The maximum absolute atomic E-state index is 14.7. The summed E-state index contributed by atoms with van der Waals surface area (Å²) in [6, 6.07) is 8.55. The quantitative estimate of drug-likeness (QED) is 0.425. The molecule has 1 amide bonds. The van der Waals surface area contributed by atoms with E-state index in [1.54, 1.807) is 32.9 Å². The van der Waals surface area contributed by atoms with Crippen LogP contribution in [0, 0.1) is 5.82 Å². The van der Waals surface area contributed by atoms with E-state index in [4.69, 9.17) is 19.9 Å². The lowest BCUT2D eigenvalue weighted by Gasteiger charge is -2.29. The second-order valence-electron chi connectivity index (χ2n) is 7.61. The Balaban J connectivity index is 1.91. The monoisotopic (exact) mass is 496 g/mol. The molecule has 1 heterocycles. The first-order valence-electron chi connectivity index (χ1n) is 9.12. The van der Waals surface area contributed by atoms with E-state index in [2.05, 4.69) is 20.9 Å². The van der Waals surface area contributed by atoms with Crippen molar-refractivity contribution in [1.82, 2.24) is 0 Å². The standard InChI is InChI=1S/C21H22BrFN2O4S/c1-21(2,3)29-20(26)25-19(24)30-10-15-13-7-11(22)5-6-17(13)28-18-14(15)8-12(27-4)9-16(18)23/h5-9,15H,10H2,1-4H3,(H2,24,25,26). The first-order chi connectivity index (χ1) is 14.1. The van der Waals surface area contributed by atoms with E-state index in [0.29, 0.717) is 22.8 Å². The SMILES string of the molecule is COc1cc(F)c2c(c1)C(CS/C(N)=N/C(=O)OC(C)(C)C)c1cc(Br)ccc1O2. The molecule has 1 atom stereocenters. The number of carbonyl (C=O) groups excluding carboxylic acids is 1. The van der Waals surface area contributed by atoms with Crippen LogP contribution >= 0.6 is 27.7 Å². The summed E-state index contributed by atoms with van der Waals surface area (Å²) in [5.74, 6) is 0.733. The Morgan fingerprint density at radius 2 is 2.03 bits per heavy atom. The molecule has 30 heavy (non-hydrogen) atoms. The van der Waals surface area contributed by atoms with Gasteiger partial charge in [0.25, 0.3) is 0 Å². The zero-order valence-electron chi connectivity index (χ0n) is 17.0. The zero-order valence-corrected chi connectivity index (χ0v) is 19.4. The summed E-state index contributed by atoms with van der Waals surface area (Å²) < 4.78 is 31.7. The van der Waals surface area contributed by atoms with Crippen molar-refractivity contribution in [1.29, 1.82) is 0 Å². The Morgan fingerprint density at radius 1 is 1.30 bits per heavy atom. The number of aliphatic imine (C=N–C) groups is 1. The van der Waals surface area contributed by atoms with Crippen molar-refractivity contribution in [2.45, 2.75) is 32.3 Å². The molecule has 2 aromatic rings. The maximum Gasteiger partial charge on any atom is 0.436 e. The molecule has 0 fully saturated rings. The van der Waals surface area contributed by atoms with Crippen molar-refractivity contribution in [2.24, 2.45) is 10.7 Å². The maximum atomic E-state index is 14.7. The van der Waals surface area contributed by atoms with Crippen LogP contribution in [0.25, 0.3) is 0 Å². The number of methoxy groups -OCH3 is 1.